The molecule has 1 heterocycles. The van der Waals surface area contributed by atoms with Gasteiger partial charge in [0, 0.05) is 13.1 Å². The van der Waals surface area contributed by atoms with Crippen molar-refractivity contribution in [1.82, 2.24) is 4.90 Å². The second-order valence-corrected chi connectivity index (χ2v) is 7.34. The summed E-state index contributed by atoms with van der Waals surface area (Å²) in [5.41, 5.74) is 0.667. The highest BCUT2D eigenvalue weighted by Gasteiger charge is 2.33. The van der Waals surface area contributed by atoms with Gasteiger partial charge in [0.05, 0.1) is 18.8 Å². The van der Waals surface area contributed by atoms with Crippen LogP contribution in [0.3, 0.4) is 0 Å². The third kappa shape index (κ3) is 4.35. The number of ether oxygens (including phenoxy) is 2. The van der Waals surface area contributed by atoms with Gasteiger partial charge in [0.25, 0.3) is 0 Å². The fourth-order valence-corrected chi connectivity index (χ4v) is 3.79. The number of carbonyl (C=O) groups is 3. The summed E-state index contributed by atoms with van der Waals surface area (Å²) in [6.45, 7) is 7.51. The Morgan fingerprint density at radius 1 is 1.19 bits per heavy atom. The molecule has 1 aromatic heterocycles. The largest absolute Gasteiger partial charge is 0.462 e. The molecule has 0 radical (unpaired) electrons. The third-order valence-electron chi connectivity index (χ3n) is 4.54. The van der Waals surface area contributed by atoms with Gasteiger partial charge in [-0.05, 0) is 52.0 Å². The van der Waals surface area contributed by atoms with Gasteiger partial charge in [-0.25, -0.2) is 14.4 Å². The molecule has 1 saturated carbocycles. The van der Waals surface area contributed by atoms with E-state index in [0.29, 0.717) is 21.4 Å². The molecule has 7 nitrogen and oxygen atoms in total. The van der Waals surface area contributed by atoms with E-state index in [1.807, 2.05) is 6.92 Å². The summed E-state index contributed by atoms with van der Waals surface area (Å²) in [6, 6.07) is -0.196. The molecule has 2 amide bonds. The standard InChI is InChI=1S/C18H26N2O5S/c1-6-24-16(21)13-10(3)14(17(22)25-7-2)26-15(13)19-18(23)20(5)11(4)12-8-9-12/h11-12H,6-9H2,1-5H3,(H,19,23). The molecule has 0 bridgehead atoms. The molecule has 1 atom stereocenters. The van der Waals surface area contributed by atoms with Crippen LogP contribution >= 0.6 is 11.3 Å². The molecular formula is C18H26N2O5S. The van der Waals surface area contributed by atoms with E-state index < -0.39 is 11.9 Å². The van der Waals surface area contributed by atoms with Crippen LogP contribution < -0.4 is 5.32 Å². The van der Waals surface area contributed by atoms with Gasteiger partial charge >= 0.3 is 18.0 Å². The molecule has 1 aliphatic rings. The maximum atomic E-state index is 12.6. The summed E-state index contributed by atoms with van der Waals surface area (Å²) in [7, 11) is 1.73. The van der Waals surface area contributed by atoms with Crippen molar-refractivity contribution in [3.8, 4) is 0 Å². The van der Waals surface area contributed by atoms with E-state index >= 15 is 0 Å². The molecule has 1 aromatic rings. The molecule has 8 heteroatoms. The van der Waals surface area contributed by atoms with Crippen LogP contribution in [0, 0.1) is 12.8 Å². The van der Waals surface area contributed by atoms with E-state index in [-0.39, 0.29) is 30.9 Å². The molecule has 2 rings (SSSR count). The number of esters is 2. The van der Waals surface area contributed by atoms with E-state index in [4.69, 9.17) is 9.47 Å². The van der Waals surface area contributed by atoms with Gasteiger partial charge in [-0.2, -0.15) is 0 Å². The van der Waals surface area contributed by atoms with Crippen LogP contribution in [0.4, 0.5) is 9.80 Å². The number of hydrogen-bond acceptors (Lipinski definition) is 6. The van der Waals surface area contributed by atoms with Gasteiger partial charge in [0.2, 0.25) is 0 Å². The quantitative estimate of drug-likeness (QED) is 0.727. The van der Waals surface area contributed by atoms with Crippen molar-refractivity contribution >= 4 is 34.3 Å². The number of amides is 2. The predicted octanol–water partition coefficient (Wildman–Crippen LogP) is 3.67. The lowest BCUT2D eigenvalue weighted by atomic mass is 10.1. The number of nitrogens with zero attached hydrogens (tertiary/aromatic N) is 1. The smallest absolute Gasteiger partial charge is 0.348 e. The Labute approximate surface area is 157 Å². The summed E-state index contributed by atoms with van der Waals surface area (Å²) in [5.74, 6) is -0.554. The number of rotatable bonds is 7. The monoisotopic (exact) mass is 382 g/mol. The summed E-state index contributed by atoms with van der Waals surface area (Å²) < 4.78 is 10.1. The first kappa shape index (κ1) is 20.2. The van der Waals surface area contributed by atoms with E-state index in [1.165, 1.54) is 0 Å². The lowest BCUT2D eigenvalue weighted by molar-refractivity contribution is 0.0527. The SMILES string of the molecule is CCOC(=O)c1sc(NC(=O)N(C)C(C)C2CC2)c(C(=O)OCC)c1C. The Bertz CT molecular complexity index is 696. The minimum atomic E-state index is -0.565. The van der Waals surface area contributed by atoms with Gasteiger partial charge in [-0.3, -0.25) is 5.32 Å². The first-order valence-electron chi connectivity index (χ1n) is 8.83. The average Bonchev–Trinajstić information content (AvgIpc) is 3.38. The van der Waals surface area contributed by atoms with Crippen LogP contribution in [0.1, 0.15) is 59.2 Å². The number of nitrogens with one attached hydrogen (secondary N) is 1. The van der Waals surface area contributed by atoms with E-state index in [9.17, 15) is 14.4 Å². The second-order valence-electron chi connectivity index (χ2n) is 6.32. The topological polar surface area (TPSA) is 84.9 Å². The normalized spacial score (nSPS) is 14.5. The maximum absolute atomic E-state index is 12.6. The molecule has 1 aliphatic carbocycles. The van der Waals surface area contributed by atoms with Crippen LogP contribution in [-0.4, -0.2) is 49.2 Å². The van der Waals surface area contributed by atoms with Gasteiger partial charge in [0.1, 0.15) is 9.88 Å². The Balaban J connectivity index is 2.29. The van der Waals surface area contributed by atoms with Crippen molar-refractivity contribution in [1.29, 1.82) is 0 Å². The fraction of sp³-hybridized carbons (Fsp3) is 0.611. The van der Waals surface area contributed by atoms with Crippen LogP contribution in [-0.2, 0) is 9.47 Å². The molecule has 0 spiro atoms. The lowest BCUT2D eigenvalue weighted by Gasteiger charge is -2.25. The van der Waals surface area contributed by atoms with Crippen LogP contribution in [0.25, 0.3) is 0 Å². The van der Waals surface area contributed by atoms with Crippen LogP contribution in [0.5, 0.6) is 0 Å². The average molecular weight is 382 g/mol. The van der Waals surface area contributed by atoms with Crippen molar-refractivity contribution < 1.29 is 23.9 Å². The zero-order valence-corrected chi connectivity index (χ0v) is 16.7. The Hall–Kier alpha value is -2.09. The van der Waals surface area contributed by atoms with Crippen LogP contribution in [0.15, 0.2) is 0 Å². The Kier molecular flexibility index (Phi) is 6.63. The third-order valence-corrected chi connectivity index (χ3v) is 5.73. The second kappa shape index (κ2) is 8.53. The number of urea groups is 1. The molecule has 0 aromatic carbocycles. The fourth-order valence-electron chi connectivity index (χ4n) is 2.71. The summed E-state index contributed by atoms with van der Waals surface area (Å²) in [4.78, 5) is 39.0. The Morgan fingerprint density at radius 2 is 1.77 bits per heavy atom. The molecule has 1 N–H and O–H groups in total. The Morgan fingerprint density at radius 3 is 2.31 bits per heavy atom. The maximum Gasteiger partial charge on any atom is 0.348 e. The minimum absolute atomic E-state index is 0.117. The summed E-state index contributed by atoms with van der Waals surface area (Å²) in [6.07, 6.45) is 2.25. The van der Waals surface area contributed by atoms with Crippen molar-refractivity contribution in [2.24, 2.45) is 5.92 Å². The molecule has 0 aliphatic heterocycles. The number of carbonyl (C=O) groups excluding carboxylic acids is 3. The van der Waals surface area contributed by atoms with E-state index in [0.717, 1.165) is 24.2 Å². The van der Waals surface area contributed by atoms with Gasteiger partial charge in [-0.1, -0.05) is 0 Å². The molecule has 1 unspecified atom stereocenters. The van der Waals surface area contributed by atoms with Crippen molar-refractivity contribution in [2.75, 3.05) is 25.6 Å². The first-order chi connectivity index (χ1) is 12.3. The number of hydrogen-bond donors (Lipinski definition) is 1. The van der Waals surface area contributed by atoms with Gasteiger partial charge < -0.3 is 14.4 Å². The van der Waals surface area contributed by atoms with Crippen LogP contribution in [0.2, 0.25) is 0 Å². The zero-order chi connectivity index (χ0) is 19.4. The highest BCUT2D eigenvalue weighted by Crippen LogP contribution is 2.36. The number of thiophene rings is 1. The molecule has 144 valence electrons. The van der Waals surface area contributed by atoms with Gasteiger partial charge in [-0.15, -0.1) is 11.3 Å². The van der Waals surface area contributed by atoms with E-state index in [1.54, 1.807) is 32.7 Å². The highest BCUT2D eigenvalue weighted by molar-refractivity contribution is 7.18. The van der Waals surface area contributed by atoms with Gasteiger partial charge in [0.15, 0.2) is 0 Å². The molecule has 1 fully saturated rings. The van der Waals surface area contributed by atoms with E-state index in [2.05, 4.69) is 5.32 Å². The summed E-state index contributed by atoms with van der Waals surface area (Å²) >= 11 is 1.04. The first-order valence-corrected chi connectivity index (χ1v) is 9.64. The molecular weight excluding hydrogens is 356 g/mol. The highest BCUT2D eigenvalue weighted by atomic mass is 32.1. The van der Waals surface area contributed by atoms with Crippen molar-refractivity contribution in [2.45, 2.75) is 46.6 Å². The van der Waals surface area contributed by atoms with Crippen molar-refractivity contribution in [3.63, 3.8) is 0 Å². The zero-order valence-electron chi connectivity index (χ0n) is 15.9. The lowest BCUT2D eigenvalue weighted by Crippen LogP contribution is -2.39. The minimum Gasteiger partial charge on any atom is -0.462 e. The predicted molar refractivity (Wildman–Crippen MR) is 99.9 cm³/mol. The summed E-state index contributed by atoms with van der Waals surface area (Å²) in [5, 5.41) is 3.08. The van der Waals surface area contributed by atoms with Crippen molar-refractivity contribution in [3.05, 3.63) is 16.0 Å². The molecule has 0 saturated heterocycles. The molecule has 26 heavy (non-hydrogen) atoms. The number of anilines is 1.